The molecule has 1 amide bonds. The maximum absolute atomic E-state index is 11.3. The first-order chi connectivity index (χ1) is 7.50. The van der Waals surface area contributed by atoms with Crippen LogP contribution in [0.2, 0.25) is 0 Å². The third-order valence-corrected chi connectivity index (χ3v) is 2.65. The molecule has 0 saturated carbocycles. The third-order valence-electron chi connectivity index (χ3n) is 1.80. The Balaban J connectivity index is 2.55. The number of carbonyl (C=O) groups is 1. The molecule has 5 heteroatoms. The second-order valence-corrected chi connectivity index (χ2v) is 4.46. The van der Waals surface area contributed by atoms with Crippen LogP contribution in [0.3, 0.4) is 0 Å². The molecule has 4 nitrogen and oxygen atoms in total. The van der Waals surface area contributed by atoms with E-state index >= 15 is 0 Å². The fourth-order valence-electron chi connectivity index (χ4n) is 1.15. The van der Waals surface area contributed by atoms with Gasteiger partial charge in [0.25, 0.3) is 5.91 Å². The zero-order valence-corrected chi connectivity index (χ0v) is 10.9. The van der Waals surface area contributed by atoms with E-state index in [9.17, 15) is 4.79 Å². The number of rotatable bonds is 4. The van der Waals surface area contributed by atoms with E-state index in [1.54, 1.807) is 18.2 Å². The SMILES string of the molecule is CC(C)NC(=O)COc1cccc(N)c1Br. The van der Waals surface area contributed by atoms with Gasteiger partial charge in [-0.25, -0.2) is 0 Å². The second kappa shape index (κ2) is 5.75. The monoisotopic (exact) mass is 286 g/mol. The number of amides is 1. The maximum atomic E-state index is 11.3. The highest BCUT2D eigenvalue weighted by Crippen LogP contribution is 2.29. The number of hydrogen-bond acceptors (Lipinski definition) is 3. The van der Waals surface area contributed by atoms with Gasteiger partial charge in [0.05, 0.1) is 4.47 Å². The van der Waals surface area contributed by atoms with Crippen molar-refractivity contribution in [1.82, 2.24) is 5.32 Å². The Kier molecular flexibility index (Phi) is 4.61. The van der Waals surface area contributed by atoms with E-state index in [-0.39, 0.29) is 18.6 Å². The fourth-order valence-corrected chi connectivity index (χ4v) is 1.52. The van der Waals surface area contributed by atoms with Crippen molar-refractivity contribution in [3.63, 3.8) is 0 Å². The summed E-state index contributed by atoms with van der Waals surface area (Å²) >= 11 is 3.30. The minimum Gasteiger partial charge on any atom is -0.483 e. The normalized spacial score (nSPS) is 10.2. The predicted octanol–water partition coefficient (Wildman–Crippen LogP) is 1.93. The molecule has 16 heavy (non-hydrogen) atoms. The van der Waals surface area contributed by atoms with Crippen LogP contribution in [0.15, 0.2) is 22.7 Å². The highest BCUT2D eigenvalue weighted by atomic mass is 79.9. The number of nitrogen functional groups attached to an aromatic ring is 1. The fraction of sp³-hybridized carbons (Fsp3) is 0.364. The molecule has 0 radical (unpaired) electrons. The van der Waals surface area contributed by atoms with Gasteiger partial charge in [-0.15, -0.1) is 0 Å². The van der Waals surface area contributed by atoms with Gasteiger partial charge >= 0.3 is 0 Å². The summed E-state index contributed by atoms with van der Waals surface area (Å²) < 4.78 is 6.01. The highest BCUT2D eigenvalue weighted by molar-refractivity contribution is 9.10. The van der Waals surface area contributed by atoms with Crippen molar-refractivity contribution in [2.75, 3.05) is 12.3 Å². The van der Waals surface area contributed by atoms with Crippen LogP contribution in [0, 0.1) is 0 Å². The van der Waals surface area contributed by atoms with Gasteiger partial charge in [0.15, 0.2) is 6.61 Å². The van der Waals surface area contributed by atoms with Crippen molar-refractivity contribution in [2.45, 2.75) is 19.9 Å². The van der Waals surface area contributed by atoms with Crippen LogP contribution in [0.4, 0.5) is 5.69 Å². The number of ether oxygens (including phenoxy) is 1. The summed E-state index contributed by atoms with van der Waals surface area (Å²) in [5.74, 6) is 0.420. The zero-order chi connectivity index (χ0) is 12.1. The molecule has 1 rings (SSSR count). The van der Waals surface area contributed by atoms with E-state index in [2.05, 4.69) is 21.2 Å². The van der Waals surface area contributed by atoms with E-state index in [4.69, 9.17) is 10.5 Å². The molecule has 1 aromatic rings. The zero-order valence-electron chi connectivity index (χ0n) is 9.29. The van der Waals surface area contributed by atoms with Gasteiger partial charge in [0.2, 0.25) is 0 Å². The number of carbonyl (C=O) groups excluding carboxylic acids is 1. The molecule has 0 fully saturated rings. The van der Waals surface area contributed by atoms with E-state index in [1.165, 1.54) is 0 Å². The Morgan fingerprint density at radius 1 is 1.56 bits per heavy atom. The molecule has 0 aliphatic heterocycles. The Labute approximate surface area is 103 Å². The highest BCUT2D eigenvalue weighted by Gasteiger charge is 2.07. The standard InChI is InChI=1S/C11H15BrN2O2/c1-7(2)14-10(15)6-16-9-5-3-4-8(13)11(9)12/h3-5,7H,6,13H2,1-2H3,(H,14,15). The lowest BCUT2D eigenvalue weighted by Gasteiger charge is -2.11. The first-order valence-corrected chi connectivity index (χ1v) is 5.76. The van der Waals surface area contributed by atoms with Crippen LogP contribution < -0.4 is 15.8 Å². The smallest absolute Gasteiger partial charge is 0.258 e. The third kappa shape index (κ3) is 3.73. The molecule has 0 bridgehead atoms. The number of benzene rings is 1. The van der Waals surface area contributed by atoms with Crippen molar-refractivity contribution in [2.24, 2.45) is 0 Å². The molecule has 0 aliphatic carbocycles. The summed E-state index contributed by atoms with van der Waals surface area (Å²) in [5.41, 5.74) is 6.27. The summed E-state index contributed by atoms with van der Waals surface area (Å²) in [7, 11) is 0. The first-order valence-electron chi connectivity index (χ1n) is 4.97. The molecule has 3 N–H and O–H groups in total. The van der Waals surface area contributed by atoms with Crippen molar-refractivity contribution < 1.29 is 9.53 Å². The Bertz CT molecular complexity index is 380. The summed E-state index contributed by atoms with van der Waals surface area (Å²) in [6, 6.07) is 5.39. The lowest BCUT2D eigenvalue weighted by Crippen LogP contribution is -2.34. The quantitative estimate of drug-likeness (QED) is 0.832. The van der Waals surface area contributed by atoms with Gasteiger partial charge in [0, 0.05) is 11.7 Å². The number of halogens is 1. The molecule has 1 aromatic carbocycles. The van der Waals surface area contributed by atoms with Crippen LogP contribution in [0.25, 0.3) is 0 Å². The molecule has 0 saturated heterocycles. The number of nitrogens with one attached hydrogen (secondary N) is 1. The van der Waals surface area contributed by atoms with E-state index in [0.717, 1.165) is 0 Å². The summed E-state index contributed by atoms with van der Waals surface area (Å²) in [5, 5.41) is 2.74. The van der Waals surface area contributed by atoms with Gasteiger partial charge in [0.1, 0.15) is 5.75 Å². The molecular weight excluding hydrogens is 272 g/mol. The lowest BCUT2D eigenvalue weighted by molar-refractivity contribution is -0.123. The van der Waals surface area contributed by atoms with Gasteiger partial charge < -0.3 is 15.8 Å². The Morgan fingerprint density at radius 2 is 2.25 bits per heavy atom. The molecule has 0 spiro atoms. The lowest BCUT2D eigenvalue weighted by atomic mass is 10.3. The largest absolute Gasteiger partial charge is 0.483 e. The Morgan fingerprint density at radius 3 is 2.88 bits per heavy atom. The minimum atomic E-state index is -0.149. The summed E-state index contributed by atoms with van der Waals surface area (Å²) in [6.45, 7) is 3.78. The number of nitrogens with two attached hydrogens (primary N) is 1. The van der Waals surface area contributed by atoms with Crippen LogP contribution >= 0.6 is 15.9 Å². The van der Waals surface area contributed by atoms with E-state index < -0.39 is 0 Å². The van der Waals surface area contributed by atoms with Crippen LogP contribution in [-0.4, -0.2) is 18.6 Å². The average molecular weight is 287 g/mol. The van der Waals surface area contributed by atoms with Gasteiger partial charge in [-0.3, -0.25) is 4.79 Å². The van der Waals surface area contributed by atoms with Crippen molar-refractivity contribution >= 4 is 27.5 Å². The van der Waals surface area contributed by atoms with Crippen molar-refractivity contribution in [3.8, 4) is 5.75 Å². The van der Waals surface area contributed by atoms with Crippen LogP contribution in [0.1, 0.15) is 13.8 Å². The second-order valence-electron chi connectivity index (χ2n) is 3.67. The van der Waals surface area contributed by atoms with Gasteiger partial charge in [-0.2, -0.15) is 0 Å². The maximum Gasteiger partial charge on any atom is 0.258 e. The number of anilines is 1. The molecular formula is C11H15BrN2O2. The molecule has 0 atom stereocenters. The van der Waals surface area contributed by atoms with Gasteiger partial charge in [-0.1, -0.05) is 6.07 Å². The average Bonchev–Trinajstić information content (AvgIpc) is 2.19. The predicted molar refractivity (Wildman–Crippen MR) is 67.3 cm³/mol. The minimum absolute atomic E-state index is 0.0137. The topological polar surface area (TPSA) is 64.3 Å². The van der Waals surface area contributed by atoms with Gasteiger partial charge in [-0.05, 0) is 41.9 Å². The molecule has 0 unspecified atom stereocenters. The molecule has 88 valence electrons. The first kappa shape index (κ1) is 12.8. The van der Waals surface area contributed by atoms with E-state index in [0.29, 0.717) is 15.9 Å². The molecule has 0 heterocycles. The Hall–Kier alpha value is -1.23. The van der Waals surface area contributed by atoms with Crippen LogP contribution in [-0.2, 0) is 4.79 Å². The van der Waals surface area contributed by atoms with Crippen LogP contribution in [0.5, 0.6) is 5.75 Å². The molecule has 0 aromatic heterocycles. The van der Waals surface area contributed by atoms with Crippen molar-refractivity contribution in [1.29, 1.82) is 0 Å². The number of hydrogen-bond donors (Lipinski definition) is 2. The van der Waals surface area contributed by atoms with Crippen molar-refractivity contribution in [3.05, 3.63) is 22.7 Å². The molecule has 0 aliphatic rings. The van der Waals surface area contributed by atoms with E-state index in [1.807, 2.05) is 13.8 Å². The summed E-state index contributed by atoms with van der Waals surface area (Å²) in [6.07, 6.45) is 0. The summed E-state index contributed by atoms with van der Waals surface area (Å²) in [4.78, 5) is 11.3.